The number of aliphatic carboxylic acids is 1. The summed E-state index contributed by atoms with van der Waals surface area (Å²) < 4.78 is 0. The van der Waals surface area contributed by atoms with Crippen LogP contribution >= 0.6 is 11.3 Å². The summed E-state index contributed by atoms with van der Waals surface area (Å²) in [6.07, 6.45) is 1.64. The van der Waals surface area contributed by atoms with Crippen molar-refractivity contribution >= 4 is 34.1 Å². The number of amides is 2. The van der Waals surface area contributed by atoms with Crippen LogP contribution in [0.2, 0.25) is 0 Å². The molecule has 1 aromatic carbocycles. The van der Waals surface area contributed by atoms with Gasteiger partial charge in [0.25, 0.3) is 5.91 Å². The molecule has 0 saturated carbocycles. The van der Waals surface area contributed by atoms with Gasteiger partial charge in [0.1, 0.15) is 5.00 Å². The van der Waals surface area contributed by atoms with E-state index in [1.165, 1.54) is 16.9 Å². The molecule has 31 heavy (non-hydrogen) atoms. The van der Waals surface area contributed by atoms with E-state index in [2.05, 4.69) is 12.2 Å². The lowest BCUT2D eigenvalue weighted by molar-refractivity contribution is -0.146. The number of nitrogens with two attached hydrogens (primary N) is 1. The van der Waals surface area contributed by atoms with Crippen LogP contribution < -0.4 is 11.1 Å². The van der Waals surface area contributed by atoms with E-state index >= 15 is 0 Å². The second-order valence-corrected chi connectivity index (χ2v) is 9.39. The first kappa shape index (κ1) is 22.7. The minimum atomic E-state index is -0.985. The molecule has 7 heteroatoms. The number of rotatable bonds is 6. The number of aryl methyl sites for hydroxylation is 2. The molecule has 4 N–H and O–H groups in total. The number of hydrogen-bond acceptors (Lipinski definition) is 4. The summed E-state index contributed by atoms with van der Waals surface area (Å²) in [5.74, 6) is -3.49. The van der Waals surface area contributed by atoms with E-state index in [1.807, 2.05) is 45.0 Å². The zero-order chi connectivity index (χ0) is 22.9. The molecule has 0 spiro atoms. The predicted molar refractivity (Wildman–Crippen MR) is 123 cm³/mol. The molecule has 2 amide bonds. The maximum Gasteiger partial charge on any atom is 0.307 e. The highest BCUT2D eigenvalue weighted by Crippen LogP contribution is 2.41. The van der Waals surface area contributed by atoms with E-state index in [1.54, 1.807) is 0 Å². The summed E-state index contributed by atoms with van der Waals surface area (Å²) >= 11 is 1.29. The molecule has 0 unspecified atom stereocenters. The van der Waals surface area contributed by atoms with Crippen LogP contribution in [0.15, 0.2) is 35.4 Å². The lowest BCUT2D eigenvalue weighted by Crippen LogP contribution is -2.36. The second-order valence-electron chi connectivity index (χ2n) is 8.16. The number of carbonyl (C=O) groups excluding carboxylic acids is 2. The summed E-state index contributed by atoms with van der Waals surface area (Å²) in [6, 6.07) is 7.91. The van der Waals surface area contributed by atoms with Gasteiger partial charge in [-0.25, -0.2) is 0 Å². The first-order valence-electron chi connectivity index (χ1n) is 10.3. The molecule has 1 aliphatic rings. The van der Waals surface area contributed by atoms with Gasteiger partial charge in [-0.15, -0.1) is 11.3 Å². The van der Waals surface area contributed by atoms with E-state index in [0.717, 1.165) is 28.0 Å². The van der Waals surface area contributed by atoms with Crippen molar-refractivity contribution in [3.05, 3.63) is 51.4 Å². The number of thiophene rings is 1. The van der Waals surface area contributed by atoms with Crippen LogP contribution in [0, 0.1) is 18.8 Å². The third-order valence-corrected chi connectivity index (χ3v) is 7.16. The first-order chi connectivity index (χ1) is 14.6. The highest BCUT2D eigenvalue weighted by molar-refractivity contribution is 7.17. The fraction of sp³-hybridized carbons (Fsp3) is 0.375. The van der Waals surface area contributed by atoms with E-state index in [4.69, 9.17) is 5.73 Å². The maximum absolute atomic E-state index is 13.1. The fourth-order valence-electron chi connectivity index (χ4n) is 4.15. The highest BCUT2D eigenvalue weighted by Gasteiger charge is 2.38. The molecule has 0 aliphatic heterocycles. The molecule has 2 atom stereocenters. The van der Waals surface area contributed by atoms with Crippen molar-refractivity contribution < 1.29 is 19.5 Å². The molecule has 1 aliphatic carbocycles. The Morgan fingerprint density at radius 1 is 1.06 bits per heavy atom. The van der Waals surface area contributed by atoms with Crippen LogP contribution in [0.5, 0.6) is 0 Å². The highest BCUT2D eigenvalue weighted by atomic mass is 32.1. The second kappa shape index (κ2) is 9.06. The average Bonchev–Trinajstić information content (AvgIpc) is 3.05. The van der Waals surface area contributed by atoms with Crippen molar-refractivity contribution in [3.63, 3.8) is 0 Å². The van der Waals surface area contributed by atoms with Crippen LogP contribution in [0.1, 0.15) is 54.4 Å². The van der Waals surface area contributed by atoms with Gasteiger partial charge in [0, 0.05) is 10.4 Å². The molecule has 0 saturated heterocycles. The van der Waals surface area contributed by atoms with E-state index in [-0.39, 0.29) is 5.56 Å². The van der Waals surface area contributed by atoms with Crippen molar-refractivity contribution in [1.82, 2.24) is 0 Å². The van der Waals surface area contributed by atoms with Crippen molar-refractivity contribution in [1.29, 1.82) is 0 Å². The minimum Gasteiger partial charge on any atom is -0.481 e. The summed E-state index contributed by atoms with van der Waals surface area (Å²) in [4.78, 5) is 38.1. The Kier molecular flexibility index (Phi) is 6.65. The lowest BCUT2D eigenvalue weighted by atomic mass is 9.76. The Hall–Kier alpha value is -2.93. The molecular weight excluding hydrogens is 412 g/mol. The summed E-state index contributed by atoms with van der Waals surface area (Å²) in [5, 5.41) is 12.8. The zero-order valence-corrected chi connectivity index (χ0v) is 19.1. The largest absolute Gasteiger partial charge is 0.481 e. The van der Waals surface area contributed by atoms with Gasteiger partial charge < -0.3 is 16.2 Å². The quantitative estimate of drug-likeness (QED) is 0.562. The number of carboxylic acid groups (broad SMARTS) is 1. The third-order valence-electron chi connectivity index (χ3n) is 6.14. The van der Waals surface area contributed by atoms with Crippen LogP contribution in [-0.2, 0) is 16.0 Å². The number of carbonyl (C=O) groups is 3. The fourth-order valence-corrected chi connectivity index (χ4v) is 5.24. The topological polar surface area (TPSA) is 109 Å². The molecule has 0 bridgehead atoms. The monoisotopic (exact) mass is 440 g/mol. The van der Waals surface area contributed by atoms with Gasteiger partial charge in [-0.2, -0.15) is 0 Å². The van der Waals surface area contributed by atoms with Crippen LogP contribution in [0.3, 0.4) is 0 Å². The number of hydrogen-bond donors (Lipinski definition) is 3. The number of nitrogens with one attached hydrogen (secondary N) is 1. The number of anilines is 1. The van der Waals surface area contributed by atoms with E-state index in [9.17, 15) is 19.5 Å². The van der Waals surface area contributed by atoms with Gasteiger partial charge >= 0.3 is 5.97 Å². The number of carboxylic acids is 1. The van der Waals surface area contributed by atoms with Crippen molar-refractivity contribution in [3.8, 4) is 11.1 Å². The molecule has 1 aromatic heterocycles. The molecule has 6 nitrogen and oxygen atoms in total. The van der Waals surface area contributed by atoms with Gasteiger partial charge in [-0.3, -0.25) is 14.4 Å². The van der Waals surface area contributed by atoms with Gasteiger partial charge in [-0.1, -0.05) is 42.3 Å². The Labute approximate surface area is 186 Å². The van der Waals surface area contributed by atoms with E-state index in [0.29, 0.717) is 23.4 Å². The molecule has 1 heterocycles. The van der Waals surface area contributed by atoms with Gasteiger partial charge in [-0.05, 0) is 51.2 Å². The van der Waals surface area contributed by atoms with Crippen LogP contribution in [0.25, 0.3) is 11.1 Å². The Bertz CT molecular complexity index is 1070. The number of allylic oxidation sites excluding steroid dienone is 2. The Morgan fingerprint density at radius 3 is 2.16 bits per heavy atom. The summed E-state index contributed by atoms with van der Waals surface area (Å²) in [6.45, 7) is 7.79. The molecule has 0 radical (unpaired) electrons. The van der Waals surface area contributed by atoms with Gasteiger partial charge in [0.2, 0.25) is 5.91 Å². The summed E-state index contributed by atoms with van der Waals surface area (Å²) in [5.41, 5.74) is 10.8. The number of primary amides is 1. The lowest BCUT2D eigenvalue weighted by Gasteiger charge is -2.29. The van der Waals surface area contributed by atoms with Crippen molar-refractivity contribution in [2.24, 2.45) is 17.6 Å². The molecule has 164 valence electrons. The standard InChI is InChI=1S/C24H28N2O4S/c1-5-15-6-8-16(9-7-15)19-14(4)31-23(20(19)21(25)27)26-22(28)17-10-12(2)13(3)11-18(17)24(29)30/h6-9,17-18H,5,10-11H2,1-4H3,(H2,25,27)(H,26,28)(H,29,30)/t17-,18-/m1/s1. The van der Waals surface area contributed by atoms with Crippen LogP contribution in [0.4, 0.5) is 5.00 Å². The molecular formula is C24H28N2O4S. The third kappa shape index (κ3) is 4.56. The van der Waals surface area contributed by atoms with Crippen LogP contribution in [-0.4, -0.2) is 22.9 Å². The SMILES string of the molecule is CCc1ccc(-c2c(C)sc(NC(=O)[C@@H]3CC(C)=C(C)C[C@H]3C(=O)O)c2C(N)=O)cc1. The smallest absolute Gasteiger partial charge is 0.307 e. The Morgan fingerprint density at radius 2 is 1.65 bits per heavy atom. The molecule has 0 fully saturated rings. The Balaban J connectivity index is 1.97. The average molecular weight is 441 g/mol. The summed E-state index contributed by atoms with van der Waals surface area (Å²) in [7, 11) is 0. The molecule has 3 rings (SSSR count). The number of benzene rings is 1. The first-order valence-corrected chi connectivity index (χ1v) is 11.2. The zero-order valence-electron chi connectivity index (χ0n) is 18.2. The molecule has 2 aromatic rings. The van der Waals surface area contributed by atoms with Crippen molar-refractivity contribution in [2.45, 2.75) is 47.0 Å². The normalized spacial score (nSPS) is 18.7. The van der Waals surface area contributed by atoms with E-state index < -0.39 is 29.6 Å². The maximum atomic E-state index is 13.1. The minimum absolute atomic E-state index is 0.270. The van der Waals surface area contributed by atoms with Gasteiger partial charge in [0.05, 0.1) is 17.4 Å². The van der Waals surface area contributed by atoms with Crippen molar-refractivity contribution in [2.75, 3.05) is 5.32 Å². The predicted octanol–water partition coefficient (Wildman–Crippen LogP) is 4.77. The van der Waals surface area contributed by atoms with Gasteiger partial charge in [0.15, 0.2) is 0 Å².